The van der Waals surface area contributed by atoms with Crippen LogP contribution in [0.25, 0.3) is 0 Å². The van der Waals surface area contributed by atoms with E-state index in [9.17, 15) is 4.79 Å². The Morgan fingerprint density at radius 1 is 1.17 bits per heavy atom. The molecule has 2 N–H and O–H groups in total. The molecule has 4 unspecified atom stereocenters. The van der Waals surface area contributed by atoms with E-state index in [1.165, 1.54) is 38.5 Å². The normalized spacial score (nSPS) is 36.8. The molecule has 23 heavy (non-hydrogen) atoms. The molecule has 3 aliphatic rings. The average Bonchev–Trinajstić information content (AvgIpc) is 3.01. The van der Waals surface area contributed by atoms with Gasteiger partial charge in [0, 0.05) is 19.6 Å². The van der Waals surface area contributed by atoms with E-state index >= 15 is 0 Å². The third-order valence-corrected chi connectivity index (χ3v) is 6.26. The van der Waals surface area contributed by atoms with Gasteiger partial charge in [0.25, 0.3) is 0 Å². The molecule has 4 nitrogen and oxygen atoms in total. The third kappa shape index (κ3) is 4.61. The Morgan fingerprint density at radius 3 is 2.65 bits per heavy atom. The quantitative estimate of drug-likeness (QED) is 0.806. The van der Waals surface area contributed by atoms with Crippen LogP contribution in [-0.2, 0) is 9.53 Å². The number of rotatable bonds is 5. The number of carbonyl (C=O) groups excluding carboxylic acids is 1. The van der Waals surface area contributed by atoms with Crippen molar-refractivity contribution < 1.29 is 9.53 Å². The van der Waals surface area contributed by atoms with E-state index in [2.05, 4.69) is 10.6 Å². The zero-order valence-corrected chi connectivity index (χ0v) is 15.3. The van der Waals surface area contributed by atoms with E-state index in [-0.39, 0.29) is 29.8 Å². The predicted molar refractivity (Wildman–Crippen MR) is 94.9 cm³/mol. The minimum atomic E-state index is -0.0353. The summed E-state index contributed by atoms with van der Waals surface area (Å²) in [6.45, 7) is 2.43. The van der Waals surface area contributed by atoms with Crippen LogP contribution in [0.4, 0.5) is 0 Å². The fourth-order valence-corrected chi connectivity index (χ4v) is 4.98. The van der Waals surface area contributed by atoms with E-state index in [1.54, 1.807) is 7.11 Å². The van der Waals surface area contributed by atoms with Gasteiger partial charge in [0.1, 0.15) is 0 Å². The molecule has 0 aromatic heterocycles. The number of fused-ring (bicyclic) bond motifs is 1. The van der Waals surface area contributed by atoms with Crippen LogP contribution in [0.5, 0.6) is 0 Å². The van der Waals surface area contributed by atoms with Crippen LogP contribution in [-0.4, -0.2) is 38.3 Å². The Balaban J connectivity index is 0.00000192. The average molecular weight is 345 g/mol. The van der Waals surface area contributed by atoms with Crippen molar-refractivity contribution >= 4 is 18.3 Å². The van der Waals surface area contributed by atoms with Crippen molar-refractivity contribution in [2.75, 3.05) is 26.8 Å². The summed E-state index contributed by atoms with van der Waals surface area (Å²) >= 11 is 0. The maximum absolute atomic E-state index is 12.6. The van der Waals surface area contributed by atoms with Crippen LogP contribution in [0, 0.1) is 17.8 Å². The number of hydrogen-bond donors (Lipinski definition) is 2. The molecule has 0 bridgehead atoms. The van der Waals surface area contributed by atoms with Gasteiger partial charge in [-0.1, -0.05) is 25.7 Å². The zero-order chi connectivity index (χ0) is 15.4. The van der Waals surface area contributed by atoms with Gasteiger partial charge in [-0.3, -0.25) is 4.79 Å². The number of carbonyl (C=O) groups is 1. The minimum Gasteiger partial charge on any atom is -0.383 e. The van der Waals surface area contributed by atoms with Crippen LogP contribution in [0.1, 0.15) is 57.8 Å². The van der Waals surface area contributed by atoms with Gasteiger partial charge in [-0.2, -0.15) is 0 Å². The Labute approximate surface area is 146 Å². The molecule has 1 aliphatic heterocycles. The first-order chi connectivity index (χ1) is 10.7. The van der Waals surface area contributed by atoms with Crippen LogP contribution in [0.15, 0.2) is 0 Å². The van der Waals surface area contributed by atoms with Crippen molar-refractivity contribution in [3.63, 3.8) is 0 Å². The van der Waals surface area contributed by atoms with Crippen LogP contribution >= 0.6 is 12.4 Å². The highest BCUT2D eigenvalue weighted by molar-refractivity contribution is 5.85. The summed E-state index contributed by atoms with van der Waals surface area (Å²) in [4.78, 5) is 12.6. The smallest absolute Gasteiger partial charge is 0.223 e. The lowest BCUT2D eigenvalue weighted by molar-refractivity contribution is -0.127. The molecule has 5 heteroatoms. The van der Waals surface area contributed by atoms with Crippen LogP contribution in [0.3, 0.4) is 0 Å². The summed E-state index contributed by atoms with van der Waals surface area (Å²) in [5.74, 6) is 2.26. The first-order valence-electron chi connectivity index (χ1n) is 9.24. The molecule has 0 spiro atoms. The molecule has 0 radical (unpaired) electrons. The second-order valence-corrected chi connectivity index (χ2v) is 7.78. The van der Waals surface area contributed by atoms with Gasteiger partial charge in [0.2, 0.25) is 5.91 Å². The summed E-state index contributed by atoms with van der Waals surface area (Å²) in [5, 5.41) is 6.77. The van der Waals surface area contributed by atoms with Gasteiger partial charge in [0.15, 0.2) is 0 Å². The number of nitrogens with one attached hydrogen (secondary N) is 2. The van der Waals surface area contributed by atoms with E-state index < -0.39 is 0 Å². The topological polar surface area (TPSA) is 50.4 Å². The van der Waals surface area contributed by atoms with E-state index in [0.29, 0.717) is 13.2 Å². The second kappa shape index (κ2) is 8.68. The van der Waals surface area contributed by atoms with Gasteiger partial charge >= 0.3 is 0 Å². The monoisotopic (exact) mass is 344 g/mol. The highest BCUT2D eigenvalue weighted by Gasteiger charge is 2.37. The Bertz CT molecular complexity index is 385. The molecule has 1 amide bonds. The largest absolute Gasteiger partial charge is 0.383 e. The third-order valence-electron chi connectivity index (χ3n) is 6.26. The Kier molecular flexibility index (Phi) is 7.18. The maximum atomic E-state index is 12.6. The molecule has 0 aromatic carbocycles. The second-order valence-electron chi connectivity index (χ2n) is 7.78. The summed E-state index contributed by atoms with van der Waals surface area (Å²) in [5.41, 5.74) is -0.0353. The van der Waals surface area contributed by atoms with Gasteiger partial charge in [0.05, 0.1) is 12.1 Å². The van der Waals surface area contributed by atoms with Crippen molar-refractivity contribution in [3.8, 4) is 0 Å². The lowest BCUT2D eigenvalue weighted by Gasteiger charge is -2.39. The van der Waals surface area contributed by atoms with Crippen molar-refractivity contribution in [3.05, 3.63) is 0 Å². The first kappa shape index (κ1) is 19.0. The molecule has 1 saturated heterocycles. The molecule has 1 heterocycles. The van der Waals surface area contributed by atoms with Gasteiger partial charge in [-0.15, -0.1) is 12.4 Å². The summed E-state index contributed by atoms with van der Waals surface area (Å²) in [6, 6.07) is 0. The molecule has 0 aromatic rings. The van der Waals surface area contributed by atoms with Crippen molar-refractivity contribution in [2.24, 2.45) is 17.8 Å². The standard InChI is InChI=1S/C18H32N2O2.ClH/c1-22-13-18(9-4-10-20-18)12-19-17(21)16-8-7-14-5-2-3-6-15(14)11-16;/h14-16,20H,2-13H2,1H3,(H,19,21);1H. The van der Waals surface area contributed by atoms with Gasteiger partial charge < -0.3 is 15.4 Å². The summed E-state index contributed by atoms with van der Waals surface area (Å²) < 4.78 is 5.36. The molecule has 3 fully saturated rings. The van der Waals surface area contributed by atoms with E-state index in [4.69, 9.17) is 4.74 Å². The molecular formula is C18H33ClN2O2. The van der Waals surface area contributed by atoms with Crippen LogP contribution in [0.2, 0.25) is 0 Å². The molecule has 3 rings (SSSR count). The number of halogens is 1. The highest BCUT2D eigenvalue weighted by Crippen LogP contribution is 2.42. The lowest BCUT2D eigenvalue weighted by Crippen LogP contribution is -2.54. The predicted octanol–water partition coefficient (Wildman–Crippen LogP) is 2.90. The van der Waals surface area contributed by atoms with E-state index in [1.807, 2.05) is 0 Å². The number of ether oxygens (including phenoxy) is 1. The first-order valence-corrected chi connectivity index (χ1v) is 9.24. The van der Waals surface area contributed by atoms with Crippen molar-refractivity contribution in [1.29, 1.82) is 0 Å². The molecular weight excluding hydrogens is 312 g/mol. The summed E-state index contributed by atoms with van der Waals surface area (Å²) in [6.07, 6.45) is 11.3. The number of hydrogen-bond acceptors (Lipinski definition) is 3. The van der Waals surface area contributed by atoms with Crippen molar-refractivity contribution in [2.45, 2.75) is 63.3 Å². The molecule has 4 atom stereocenters. The fraction of sp³-hybridized carbons (Fsp3) is 0.944. The molecule has 134 valence electrons. The SMILES string of the molecule is COCC1(CNC(=O)C2CCC3CCCCC3C2)CCCN1.Cl. The van der Waals surface area contributed by atoms with E-state index in [0.717, 1.165) is 37.6 Å². The summed E-state index contributed by atoms with van der Waals surface area (Å²) in [7, 11) is 1.74. The Morgan fingerprint density at radius 2 is 1.96 bits per heavy atom. The zero-order valence-electron chi connectivity index (χ0n) is 14.4. The van der Waals surface area contributed by atoms with Crippen LogP contribution < -0.4 is 10.6 Å². The minimum absolute atomic E-state index is 0. The maximum Gasteiger partial charge on any atom is 0.223 e. The number of methoxy groups -OCH3 is 1. The van der Waals surface area contributed by atoms with Gasteiger partial charge in [-0.25, -0.2) is 0 Å². The Hall–Kier alpha value is -0.320. The highest BCUT2D eigenvalue weighted by atomic mass is 35.5. The number of amides is 1. The fourth-order valence-electron chi connectivity index (χ4n) is 4.98. The molecule has 2 aliphatic carbocycles. The lowest BCUT2D eigenvalue weighted by atomic mass is 9.67. The molecule has 2 saturated carbocycles. The van der Waals surface area contributed by atoms with Crippen molar-refractivity contribution in [1.82, 2.24) is 10.6 Å². The van der Waals surface area contributed by atoms with Gasteiger partial charge in [-0.05, 0) is 50.5 Å².